The number of benzene rings is 2. The Morgan fingerprint density at radius 1 is 1.21 bits per heavy atom. The number of methoxy groups -OCH3 is 1. The molecular weight excluding hydrogens is 398 g/mol. The number of halogens is 3. The molecule has 0 saturated heterocycles. The van der Waals surface area contributed by atoms with Gasteiger partial charge in [-0.3, -0.25) is 14.9 Å². The van der Waals surface area contributed by atoms with Crippen molar-refractivity contribution in [3.05, 3.63) is 62.7 Å². The van der Waals surface area contributed by atoms with Crippen molar-refractivity contribution in [3.8, 4) is 11.5 Å². The van der Waals surface area contributed by atoms with Crippen molar-refractivity contribution < 1.29 is 28.0 Å². The molecule has 1 atom stereocenters. The van der Waals surface area contributed by atoms with Crippen molar-refractivity contribution in [3.63, 3.8) is 0 Å². The Labute approximate surface area is 164 Å². The van der Waals surface area contributed by atoms with Crippen molar-refractivity contribution in [2.45, 2.75) is 19.6 Å². The Bertz CT molecular complexity index is 877. The zero-order chi connectivity index (χ0) is 21.0. The molecule has 0 aliphatic heterocycles. The van der Waals surface area contributed by atoms with Crippen molar-refractivity contribution in [1.82, 2.24) is 4.90 Å². The lowest BCUT2D eigenvalue weighted by Crippen LogP contribution is -2.30. The first kappa shape index (κ1) is 21.4. The number of nitro groups is 1. The molecule has 2 rings (SSSR count). The monoisotopic (exact) mass is 414 g/mol. The summed E-state index contributed by atoms with van der Waals surface area (Å²) in [6, 6.07) is 8.10. The van der Waals surface area contributed by atoms with Gasteiger partial charge < -0.3 is 14.4 Å². The van der Waals surface area contributed by atoms with Gasteiger partial charge in [-0.15, -0.1) is 0 Å². The van der Waals surface area contributed by atoms with E-state index in [9.17, 15) is 23.7 Å². The molecule has 7 nitrogen and oxygen atoms in total. The average Bonchev–Trinajstić information content (AvgIpc) is 2.66. The molecule has 0 bridgehead atoms. The first-order valence-corrected chi connectivity index (χ1v) is 8.37. The molecule has 150 valence electrons. The maximum absolute atomic E-state index is 12.9. The fraction of sp³-hybridized carbons (Fsp3) is 0.278. The average molecular weight is 415 g/mol. The number of hydrogen-bond acceptors (Lipinski definition) is 5. The minimum Gasteiger partial charge on any atom is -0.493 e. The molecule has 0 aliphatic rings. The van der Waals surface area contributed by atoms with Crippen LogP contribution in [-0.4, -0.2) is 36.5 Å². The van der Waals surface area contributed by atoms with Crippen LogP contribution in [0.4, 0.5) is 14.5 Å². The first-order valence-electron chi connectivity index (χ1n) is 7.99. The minimum atomic E-state index is -3.21. The van der Waals surface area contributed by atoms with Crippen molar-refractivity contribution >= 4 is 23.2 Å². The highest BCUT2D eigenvalue weighted by atomic mass is 35.5. The predicted octanol–water partition coefficient (Wildman–Crippen LogP) is 4.69. The van der Waals surface area contributed by atoms with E-state index in [1.54, 1.807) is 31.2 Å². The third kappa shape index (κ3) is 4.66. The summed E-state index contributed by atoms with van der Waals surface area (Å²) in [5.41, 5.74) is -0.226. The number of carbonyl (C=O) groups is 1. The fourth-order valence-electron chi connectivity index (χ4n) is 2.55. The Morgan fingerprint density at radius 3 is 2.32 bits per heavy atom. The van der Waals surface area contributed by atoms with Gasteiger partial charge in [0, 0.05) is 18.1 Å². The van der Waals surface area contributed by atoms with Crippen LogP contribution in [-0.2, 0) is 0 Å². The maximum atomic E-state index is 12.9. The molecule has 1 unspecified atom stereocenters. The van der Waals surface area contributed by atoms with E-state index in [4.69, 9.17) is 16.3 Å². The number of rotatable bonds is 7. The summed E-state index contributed by atoms with van der Waals surface area (Å²) in [6.07, 6.45) is 0. The molecule has 0 saturated carbocycles. The SMILES string of the molecule is COc1cc(C(=O)N(C)C(C)c2ccc(Cl)cc2)c([N+](=O)[O-])cc1OC(F)F. The van der Waals surface area contributed by atoms with Gasteiger partial charge in [0.15, 0.2) is 11.5 Å². The second-order valence-corrected chi connectivity index (χ2v) is 6.24. The van der Waals surface area contributed by atoms with Gasteiger partial charge in [-0.25, -0.2) is 0 Å². The molecule has 0 spiro atoms. The summed E-state index contributed by atoms with van der Waals surface area (Å²) in [5, 5.41) is 11.9. The molecule has 0 N–H and O–H groups in total. The van der Waals surface area contributed by atoms with E-state index in [0.717, 1.165) is 17.7 Å². The van der Waals surface area contributed by atoms with Crippen LogP contribution >= 0.6 is 11.6 Å². The lowest BCUT2D eigenvalue weighted by molar-refractivity contribution is -0.385. The van der Waals surface area contributed by atoms with Gasteiger partial charge in [0.25, 0.3) is 11.6 Å². The van der Waals surface area contributed by atoms with Crippen molar-refractivity contribution in [1.29, 1.82) is 0 Å². The van der Waals surface area contributed by atoms with Crippen LogP contribution in [0.5, 0.6) is 11.5 Å². The highest BCUT2D eigenvalue weighted by molar-refractivity contribution is 6.30. The quantitative estimate of drug-likeness (QED) is 0.485. The summed E-state index contributed by atoms with van der Waals surface area (Å²) in [5.74, 6) is -1.44. The van der Waals surface area contributed by atoms with Gasteiger partial charge in [0.05, 0.1) is 24.1 Å². The maximum Gasteiger partial charge on any atom is 0.387 e. The number of hydrogen-bond donors (Lipinski definition) is 0. The van der Waals surface area contributed by atoms with E-state index in [1.807, 2.05) is 0 Å². The second-order valence-electron chi connectivity index (χ2n) is 5.80. The van der Waals surface area contributed by atoms with Crippen LogP contribution in [0.3, 0.4) is 0 Å². The summed E-state index contributed by atoms with van der Waals surface area (Å²) in [7, 11) is 2.65. The molecule has 0 radical (unpaired) electrons. The van der Waals surface area contributed by atoms with E-state index < -0.39 is 34.9 Å². The fourth-order valence-corrected chi connectivity index (χ4v) is 2.68. The third-order valence-electron chi connectivity index (χ3n) is 4.18. The van der Waals surface area contributed by atoms with Gasteiger partial charge in [0.2, 0.25) is 0 Å². The van der Waals surface area contributed by atoms with Crippen LogP contribution in [0.1, 0.15) is 28.9 Å². The largest absolute Gasteiger partial charge is 0.493 e. The molecule has 0 fully saturated rings. The highest BCUT2D eigenvalue weighted by Crippen LogP contribution is 2.37. The lowest BCUT2D eigenvalue weighted by atomic mass is 10.1. The van der Waals surface area contributed by atoms with E-state index in [0.29, 0.717) is 5.02 Å². The summed E-state index contributed by atoms with van der Waals surface area (Å²) in [6.45, 7) is -1.47. The van der Waals surface area contributed by atoms with E-state index in [2.05, 4.69) is 4.74 Å². The molecule has 0 aliphatic carbocycles. The van der Waals surface area contributed by atoms with E-state index in [-0.39, 0.29) is 11.3 Å². The first-order chi connectivity index (χ1) is 13.1. The van der Waals surface area contributed by atoms with Gasteiger partial charge in [0.1, 0.15) is 5.56 Å². The summed E-state index contributed by atoms with van der Waals surface area (Å²) >= 11 is 5.86. The van der Waals surface area contributed by atoms with E-state index in [1.165, 1.54) is 19.1 Å². The molecule has 2 aromatic rings. The Kier molecular flexibility index (Phi) is 6.74. The van der Waals surface area contributed by atoms with Gasteiger partial charge in [-0.1, -0.05) is 23.7 Å². The molecule has 0 aromatic heterocycles. The second kappa shape index (κ2) is 8.83. The Morgan fingerprint density at radius 2 is 1.82 bits per heavy atom. The molecule has 2 aromatic carbocycles. The van der Waals surface area contributed by atoms with Crippen LogP contribution in [0.25, 0.3) is 0 Å². The number of nitrogens with zero attached hydrogens (tertiary/aromatic N) is 2. The van der Waals surface area contributed by atoms with Crippen LogP contribution in [0.15, 0.2) is 36.4 Å². The Hall–Kier alpha value is -2.94. The zero-order valence-electron chi connectivity index (χ0n) is 15.2. The third-order valence-corrected chi connectivity index (χ3v) is 4.43. The van der Waals surface area contributed by atoms with Gasteiger partial charge in [-0.05, 0) is 24.6 Å². The summed E-state index contributed by atoms with van der Waals surface area (Å²) < 4.78 is 34.3. The minimum absolute atomic E-state index is 0.221. The molecule has 10 heteroatoms. The Balaban J connectivity index is 2.44. The van der Waals surface area contributed by atoms with Crippen LogP contribution < -0.4 is 9.47 Å². The number of amides is 1. The zero-order valence-corrected chi connectivity index (χ0v) is 15.9. The predicted molar refractivity (Wildman–Crippen MR) is 98.2 cm³/mol. The molecular formula is C18H17ClF2N2O5. The number of nitro benzene ring substituents is 1. The smallest absolute Gasteiger partial charge is 0.387 e. The number of ether oxygens (including phenoxy) is 2. The van der Waals surface area contributed by atoms with Crippen molar-refractivity contribution in [2.75, 3.05) is 14.2 Å². The van der Waals surface area contributed by atoms with Crippen molar-refractivity contribution in [2.24, 2.45) is 0 Å². The normalized spacial score (nSPS) is 11.8. The lowest BCUT2D eigenvalue weighted by Gasteiger charge is -2.25. The number of alkyl halides is 2. The molecule has 1 amide bonds. The standard InChI is InChI=1S/C18H17ClF2N2O5/c1-10(11-4-6-12(19)7-5-11)22(2)17(24)13-8-15(27-3)16(28-18(20)21)9-14(13)23(25)26/h4-10,18H,1-3H3. The van der Waals surface area contributed by atoms with Gasteiger partial charge in [-0.2, -0.15) is 8.78 Å². The van der Waals surface area contributed by atoms with Gasteiger partial charge >= 0.3 is 6.61 Å². The van der Waals surface area contributed by atoms with Crippen LogP contribution in [0, 0.1) is 10.1 Å². The van der Waals surface area contributed by atoms with E-state index >= 15 is 0 Å². The topological polar surface area (TPSA) is 81.9 Å². The number of carbonyl (C=O) groups excluding carboxylic acids is 1. The van der Waals surface area contributed by atoms with Crippen LogP contribution in [0.2, 0.25) is 5.02 Å². The summed E-state index contributed by atoms with van der Waals surface area (Å²) in [4.78, 5) is 24.8. The highest BCUT2D eigenvalue weighted by Gasteiger charge is 2.29. The molecule has 0 heterocycles. The molecule has 28 heavy (non-hydrogen) atoms.